The predicted octanol–water partition coefficient (Wildman–Crippen LogP) is 7.35. The van der Waals surface area contributed by atoms with Crippen LogP contribution in [0.5, 0.6) is 5.75 Å². The predicted molar refractivity (Wildman–Crippen MR) is 146 cm³/mol. The first kappa shape index (κ1) is 28.9. The maximum atomic E-state index is 12.8. The lowest BCUT2D eigenvalue weighted by Gasteiger charge is -2.36. The second-order valence-corrected chi connectivity index (χ2v) is 10.2. The van der Waals surface area contributed by atoms with E-state index in [0.29, 0.717) is 11.1 Å². The smallest absolute Gasteiger partial charge is 0.365 e. The zero-order valence-electron chi connectivity index (χ0n) is 22.6. The van der Waals surface area contributed by atoms with Gasteiger partial charge in [0.05, 0.1) is 14.1 Å². The Hall–Kier alpha value is -2.33. The van der Waals surface area contributed by atoms with Gasteiger partial charge in [-0.3, -0.25) is 0 Å². The molecule has 4 heteroatoms. The molecule has 35 heavy (non-hydrogen) atoms. The Kier molecular flexibility index (Phi) is 13.5. The normalized spacial score (nSPS) is 12.3. The summed E-state index contributed by atoms with van der Waals surface area (Å²) in [7, 11) is 4.18. The van der Waals surface area contributed by atoms with Crippen LogP contribution in [0, 0.1) is 0 Å². The van der Waals surface area contributed by atoms with Crippen LogP contribution >= 0.6 is 0 Å². The third-order valence-electron chi connectivity index (χ3n) is 6.77. The Morgan fingerprint density at radius 1 is 0.771 bits per heavy atom. The first-order valence-corrected chi connectivity index (χ1v) is 13.7. The molecule has 0 bridgehead atoms. The standard InChI is InChI=1S/C31H48NO3/c1-5-7-8-9-10-11-12-14-17-27-20-22-29(23-21-27)34-24-25-35-31(33)30(6-2)32(3,4)26-28-18-15-13-16-19-28/h13,15-16,18-23,30H,5-12,14,17,24-26H2,1-4H3/q+1. The fourth-order valence-corrected chi connectivity index (χ4v) is 4.72. The molecule has 194 valence electrons. The molecule has 0 spiro atoms. The van der Waals surface area contributed by atoms with Crippen molar-refractivity contribution in [2.75, 3.05) is 27.3 Å². The molecule has 4 nitrogen and oxygen atoms in total. The van der Waals surface area contributed by atoms with Gasteiger partial charge in [0, 0.05) is 12.0 Å². The Bertz CT molecular complexity index is 817. The topological polar surface area (TPSA) is 35.5 Å². The molecule has 1 unspecified atom stereocenters. The molecule has 0 fully saturated rings. The minimum atomic E-state index is -0.203. The number of ether oxygens (including phenoxy) is 2. The van der Waals surface area contributed by atoms with Crippen LogP contribution in [-0.2, 0) is 22.5 Å². The summed E-state index contributed by atoms with van der Waals surface area (Å²) in [5.74, 6) is 0.672. The van der Waals surface area contributed by atoms with Crippen molar-refractivity contribution < 1.29 is 18.8 Å². The van der Waals surface area contributed by atoms with Crippen LogP contribution in [-0.4, -0.2) is 43.8 Å². The number of likely N-dealkylation sites (N-methyl/N-ethyl adjacent to an activating group) is 1. The lowest BCUT2D eigenvalue weighted by molar-refractivity contribution is -0.919. The summed E-state index contributed by atoms with van der Waals surface area (Å²) in [4.78, 5) is 12.8. The van der Waals surface area contributed by atoms with Crippen molar-refractivity contribution in [3.05, 3.63) is 65.7 Å². The maximum Gasteiger partial charge on any atom is 0.365 e. The number of rotatable bonds is 18. The molecule has 2 aromatic carbocycles. The minimum absolute atomic E-state index is 0.155. The summed E-state index contributed by atoms with van der Waals surface area (Å²) in [6.07, 6.45) is 12.6. The molecule has 0 aliphatic rings. The molecule has 0 aromatic heterocycles. The number of benzene rings is 2. The van der Waals surface area contributed by atoms with Gasteiger partial charge in [0.1, 0.15) is 25.5 Å². The molecule has 0 aliphatic carbocycles. The van der Waals surface area contributed by atoms with E-state index in [1.807, 2.05) is 37.3 Å². The first-order valence-electron chi connectivity index (χ1n) is 13.7. The maximum absolute atomic E-state index is 12.8. The molecule has 0 saturated carbocycles. The van der Waals surface area contributed by atoms with E-state index >= 15 is 0 Å². The van der Waals surface area contributed by atoms with Crippen LogP contribution < -0.4 is 4.74 Å². The number of unbranched alkanes of at least 4 members (excludes halogenated alkanes) is 7. The summed E-state index contributed by atoms with van der Waals surface area (Å²) in [6, 6.07) is 18.4. The first-order chi connectivity index (χ1) is 17.0. The van der Waals surface area contributed by atoms with E-state index in [0.717, 1.165) is 25.1 Å². The summed E-state index contributed by atoms with van der Waals surface area (Å²) in [6.45, 7) is 5.73. The number of quaternary nitrogens is 1. The highest BCUT2D eigenvalue weighted by Gasteiger charge is 2.34. The number of carbonyl (C=O) groups excluding carboxylic acids is 1. The molecule has 2 aromatic rings. The molecular formula is C31H48NO3+. The molecule has 0 N–H and O–H groups in total. The van der Waals surface area contributed by atoms with Gasteiger partial charge >= 0.3 is 5.97 Å². The van der Waals surface area contributed by atoms with E-state index in [9.17, 15) is 4.79 Å². The highest BCUT2D eigenvalue weighted by atomic mass is 16.6. The average Bonchev–Trinajstić information content (AvgIpc) is 2.85. The number of aryl methyl sites for hydroxylation is 1. The van der Waals surface area contributed by atoms with E-state index in [1.165, 1.54) is 62.5 Å². The Morgan fingerprint density at radius 2 is 1.40 bits per heavy atom. The molecular weight excluding hydrogens is 434 g/mol. The van der Waals surface area contributed by atoms with Crippen molar-refractivity contribution >= 4 is 5.97 Å². The van der Waals surface area contributed by atoms with Crippen molar-refractivity contribution in [2.24, 2.45) is 0 Å². The second-order valence-electron chi connectivity index (χ2n) is 10.2. The number of hydrogen-bond acceptors (Lipinski definition) is 3. The van der Waals surface area contributed by atoms with Crippen LogP contribution in [0.25, 0.3) is 0 Å². The molecule has 0 radical (unpaired) electrons. The number of nitrogens with zero attached hydrogens (tertiary/aromatic N) is 1. The highest BCUT2D eigenvalue weighted by molar-refractivity contribution is 5.74. The van der Waals surface area contributed by atoms with Crippen LogP contribution in [0.3, 0.4) is 0 Å². The molecule has 0 aliphatic heterocycles. The SMILES string of the molecule is CCCCCCCCCCc1ccc(OCCOC(=O)C(CC)[N+](C)(C)Cc2ccccc2)cc1. The summed E-state index contributed by atoms with van der Waals surface area (Å²) in [5, 5.41) is 0. The molecule has 0 saturated heterocycles. The number of esters is 1. The second kappa shape index (κ2) is 16.4. The largest absolute Gasteiger partial charge is 0.490 e. The van der Waals surface area contributed by atoms with Crippen LogP contribution in [0.4, 0.5) is 0 Å². The van der Waals surface area contributed by atoms with Gasteiger partial charge in [0.25, 0.3) is 0 Å². The third-order valence-corrected chi connectivity index (χ3v) is 6.77. The fourth-order valence-electron chi connectivity index (χ4n) is 4.72. The van der Waals surface area contributed by atoms with Crippen molar-refractivity contribution in [3.63, 3.8) is 0 Å². The highest BCUT2D eigenvalue weighted by Crippen LogP contribution is 2.19. The Morgan fingerprint density at radius 3 is 2.03 bits per heavy atom. The quantitative estimate of drug-likeness (QED) is 0.127. The van der Waals surface area contributed by atoms with Gasteiger partial charge in [0.15, 0.2) is 6.04 Å². The van der Waals surface area contributed by atoms with E-state index < -0.39 is 0 Å². The van der Waals surface area contributed by atoms with Crippen LogP contribution in [0.1, 0.15) is 82.8 Å². The van der Waals surface area contributed by atoms with E-state index in [-0.39, 0.29) is 18.6 Å². The number of carbonyl (C=O) groups is 1. The van der Waals surface area contributed by atoms with Gasteiger partial charge in [-0.15, -0.1) is 0 Å². The monoisotopic (exact) mass is 482 g/mol. The zero-order chi connectivity index (χ0) is 25.4. The van der Waals surface area contributed by atoms with Gasteiger partial charge in [-0.05, 0) is 30.5 Å². The third kappa shape index (κ3) is 11.3. The molecule has 2 rings (SSSR count). The van der Waals surface area contributed by atoms with Gasteiger partial charge in [0.2, 0.25) is 0 Å². The number of hydrogen-bond donors (Lipinski definition) is 0. The summed E-state index contributed by atoms with van der Waals surface area (Å²) in [5.41, 5.74) is 2.58. The van der Waals surface area contributed by atoms with Gasteiger partial charge in [-0.25, -0.2) is 4.79 Å². The van der Waals surface area contributed by atoms with Gasteiger partial charge < -0.3 is 14.0 Å². The Balaban J connectivity index is 1.64. The van der Waals surface area contributed by atoms with Crippen LogP contribution in [0.2, 0.25) is 0 Å². The van der Waals surface area contributed by atoms with Crippen LogP contribution in [0.15, 0.2) is 54.6 Å². The lowest BCUT2D eigenvalue weighted by Crippen LogP contribution is -2.52. The van der Waals surface area contributed by atoms with Crippen molar-refractivity contribution in [2.45, 2.75) is 90.6 Å². The van der Waals surface area contributed by atoms with Crippen molar-refractivity contribution in [1.29, 1.82) is 0 Å². The van der Waals surface area contributed by atoms with E-state index in [4.69, 9.17) is 9.47 Å². The lowest BCUT2D eigenvalue weighted by atomic mass is 10.0. The summed E-state index contributed by atoms with van der Waals surface area (Å²) >= 11 is 0. The van der Waals surface area contributed by atoms with Gasteiger partial charge in [-0.1, -0.05) is 101 Å². The summed E-state index contributed by atoms with van der Waals surface area (Å²) < 4.78 is 12.0. The van der Waals surface area contributed by atoms with Crippen molar-refractivity contribution in [3.8, 4) is 5.75 Å². The molecule has 0 amide bonds. The fraction of sp³-hybridized carbons (Fsp3) is 0.581. The molecule has 0 heterocycles. The van der Waals surface area contributed by atoms with E-state index in [2.05, 4.69) is 45.3 Å². The Labute approximate surface area is 214 Å². The molecule has 1 atom stereocenters. The minimum Gasteiger partial charge on any atom is -0.490 e. The van der Waals surface area contributed by atoms with Gasteiger partial charge in [-0.2, -0.15) is 0 Å². The van der Waals surface area contributed by atoms with Crippen molar-refractivity contribution in [1.82, 2.24) is 0 Å². The zero-order valence-corrected chi connectivity index (χ0v) is 22.6. The van der Waals surface area contributed by atoms with E-state index in [1.54, 1.807) is 0 Å². The average molecular weight is 483 g/mol.